The molecular formula is C24H21Cl2N3O3. The number of aryl methyl sites for hydroxylation is 2. The number of nitrogens with zero attached hydrogens (tertiary/aromatic N) is 1. The number of carbonyl (C=O) groups excluding carboxylic acids is 2. The molecule has 2 amide bonds. The lowest BCUT2D eigenvalue weighted by molar-refractivity contribution is -0.136. The van der Waals surface area contributed by atoms with E-state index in [9.17, 15) is 9.59 Å². The summed E-state index contributed by atoms with van der Waals surface area (Å²) in [5, 5.41) is 7.42. The van der Waals surface area contributed by atoms with Gasteiger partial charge in [-0.15, -0.1) is 0 Å². The van der Waals surface area contributed by atoms with Crippen molar-refractivity contribution < 1.29 is 14.3 Å². The Kier molecular flexibility index (Phi) is 7.87. The van der Waals surface area contributed by atoms with E-state index in [1.807, 2.05) is 38.1 Å². The van der Waals surface area contributed by atoms with Gasteiger partial charge in [0, 0.05) is 5.69 Å². The third-order valence-electron chi connectivity index (χ3n) is 4.55. The van der Waals surface area contributed by atoms with Crippen molar-refractivity contribution in [1.82, 2.24) is 5.43 Å². The second-order valence-electron chi connectivity index (χ2n) is 7.03. The second-order valence-corrected chi connectivity index (χ2v) is 7.84. The summed E-state index contributed by atoms with van der Waals surface area (Å²) in [6.45, 7) is 4.03. The molecule has 6 nitrogen and oxygen atoms in total. The molecule has 0 aromatic heterocycles. The number of anilines is 1. The average Bonchev–Trinajstić information content (AvgIpc) is 2.77. The van der Waals surface area contributed by atoms with Crippen molar-refractivity contribution in [1.29, 1.82) is 0 Å². The Hall–Kier alpha value is -3.35. The van der Waals surface area contributed by atoms with Gasteiger partial charge in [-0.3, -0.25) is 9.59 Å². The molecule has 0 heterocycles. The van der Waals surface area contributed by atoms with Crippen molar-refractivity contribution in [2.24, 2.45) is 5.10 Å². The first kappa shape index (κ1) is 23.3. The van der Waals surface area contributed by atoms with Crippen LogP contribution in [0.1, 0.15) is 22.3 Å². The largest absolute Gasteiger partial charge is 0.489 e. The number of halogens is 2. The number of benzene rings is 3. The molecule has 32 heavy (non-hydrogen) atoms. The Labute approximate surface area is 196 Å². The molecule has 0 atom stereocenters. The van der Waals surface area contributed by atoms with Crippen LogP contribution in [0.15, 0.2) is 65.8 Å². The van der Waals surface area contributed by atoms with E-state index in [1.165, 1.54) is 6.21 Å². The Morgan fingerprint density at radius 2 is 1.66 bits per heavy atom. The lowest BCUT2D eigenvalue weighted by atomic mass is 10.1. The van der Waals surface area contributed by atoms with Crippen molar-refractivity contribution >= 4 is 46.9 Å². The van der Waals surface area contributed by atoms with Crippen molar-refractivity contribution in [3.63, 3.8) is 0 Å². The topological polar surface area (TPSA) is 79.8 Å². The van der Waals surface area contributed by atoms with Crippen molar-refractivity contribution in [2.75, 3.05) is 5.32 Å². The molecule has 0 radical (unpaired) electrons. The molecule has 0 spiro atoms. The summed E-state index contributed by atoms with van der Waals surface area (Å²) in [5.74, 6) is -1.05. The summed E-state index contributed by atoms with van der Waals surface area (Å²) in [6.07, 6.45) is 1.43. The minimum atomic E-state index is -0.865. The zero-order chi connectivity index (χ0) is 23.1. The fourth-order valence-electron chi connectivity index (χ4n) is 2.88. The number of ether oxygens (including phenoxy) is 1. The number of hydrazone groups is 1. The zero-order valence-corrected chi connectivity index (χ0v) is 19.0. The van der Waals surface area contributed by atoms with Gasteiger partial charge in [-0.25, -0.2) is 5.43 Å². The van der Waals surface area contributed by atoms with Gasteiger partial charge in [0.25, 0.3) is 0 Å². The van der Waals surface area contributed by atoms with Gasteiger partial charge in [-0.1, -0.05) is 59.6 Å². The van der Waals surface area contributed by atoms with Gasteiger partial charge in [0.05, 0.1) is 16.3 Å². The Bertz CT molecular complexity index is 1160. The van der Waals surface area contributed by atoms with Gasteiger partial charge in [0.2, 0.25) is 0 Å². The summed E-state index contributed by atoms with van der Waals surface area (Å²) in [7, 11) is 0. The normalized spacial score (nSPS) is 10.8. The molecule has 164 valence electrons. The molecule has 2 N–H and O–H groups in total. The smallest absolute Gasteiger partial charge is 0.329 e. The quantitative estimate of drug-likeness (QED) is 0.292. The van der Waals surface area contributed by atoms with Gasteiger partial charge in [-0.2, -0.15) is 5.10 Å². The number of carbonyl (C=O) groups is 2. The highest BCUT2D eigenvalue weighted by Crippen LogP contribution is 2.23. The molecule has 0 saturated heterocycles. The van der Waals surface area contributed by atoms with E-state index in [0.717, 1.165) is 16.7 Å². The maximum atomic E-state index is 12.1. The van der Waals surface area contributed by atoms with Gasteiger partial charge < -0.3 is 10.1 Å². The van der Waals surface area contributed by atoms with Crippen LogP contribution in [0.5, 0.6) is 5.75 Å². The van der Waals surface area contributed by atoms with Crippen LogP contribution in [0.4, 0.5) is 5.69 Å². The van der Waals surface area contributed by atoms with Crippen LogP contribution < -0.4 is 15.5 Å². The molecule has 3 rings (SSSR count). The van der Waals surface area contributed by atoms with Crippen molar-refractivity contribution in [2.45, 2.75) is 20.5 Å². The third-order valence-corrected chi connectivity index (χ3v) is 5.29. The molecule has 3 aromatic rings. The molecule has 0 unspecified atom stereocenters. The predicted molar refractivity (Wildman–Crippen MR) is 128 cm³/mol. The number of rotatable bonds is 6. The molecule has 0 aliphatic carbocycles. The number of nitrogens with one attached hydrogen (secondary N) is 2. The molecule has 8 heteroatoms. The lowest BCUT2D eigenvalue weighted by Crippen LogP contribution is -2.32. The van der Waals surface area contributed by atoms with Gasteiger partial charge in [0.15, 0.2) is 0 Å². The van der Waals surface area contributed by atoms with Crippen LogP contribution >= 0.6 is 23.2 Å². The molecule has 0 aliphatic rings. The molecule has 0 aliphatic heterocycles. The summed E-state index contributed by atoms with van der Waals surface area (Å²) < 4.78 is 5.77. The Balaban J connectivity index is 1.55. The molecule has 0 bridgehead atoms. The average molecular weight is 470 g/mol. The SMILES string of the molecule is Cc1cccc(C)c1NC(=O)C(=O)N/N=C\c1cccc(OCc2ccc(Cl)c(Cl)c2)c1. The van der Waals surface area contributed by atoms with Crippen LogP contribution in [0.25, 0.3) is 0 Å². The molecular weight excluding hydrogens is 449 g/mol. The third kappa shape index (κ3) is 6.33. The molecule has 0 saturated carbocycles. The summed E-state index contributed by atoms with van der Waals surface area (Å²) in [5.41, 5.74) is 6.14. The Morgan fingerprint density at radius 3 is 2.38 bits per heavy atom. The summed E-state index contributed by atoms with van der Waals surface area (Å²) >= 11 is 11.9. The first-order valence-electron chi connectivity index (χ1n) is 9.71. The van der Waals surface area contributed by atoms with E-state index in [0.29, 0.717) is 33.7 Å². The number of hydrogen-bond acceptors (Lipinski definition) is 4. The van der Waals surface area contributed by atoms with Crippen molar-refractivity contribution in [3.05, 3.63) is 93.0 Å². The Morgan fingerprint density at radius 1 is 0.938 bits per heavy atom. The molecule has 3 aromatic carbocycles. The van der Waals surface area contributed by atoms with Gasteiger partial charge >= 0.3 is 11.8 Å². The lowest BCUT2D eigenvalue weighted by Gasteiger charge is -2.10. The van der Waals surface area contributed by atoms with E-state index >= 15 is 0 Å². The van der Waals surface area contributed by atoms with E-state index < -0.39 is 11.8 Å². The predicted octanol–water partition coefficient (Wildman–Crippen LogP) is 5.28. The monoisotopic (exact) mass is 469 g/mol. The number of amides is 2. The van der Waals surface area contributed by atoms with Crippen molar-refractivity contribution in [3.8, 4) is 5.75 Å². The van der Waals surface area contributed by atoms with Gasteiger partial charge in [0.1, 0.15) is 12.4 Å². The van der Waals surface area contributed by atoms with Crippen LogP contribution in [0.2, 0.25) is 10.0 Å². The minimum absolute atomic E-state index is 0.312. The van der Waals surface area contributed by atoms with E-state index in [1.54, 1.807) is 36.4 Å². The maximum Gasteiger partial charge on any atom is 0.329 e. The first-order valence-corrected chi connectivity index (χ1v) is 10.5. The standard InChI is InChI=1S/C24H21Cl2N3O3/c1-15-5-3-6-16(2)22(15)28-23(30)24(31)29-27-13-17-7-4-8-19(11-17)32-14-18-9-10-20(25)21(26)12-18/h3-13H,14H2,1-2H3,(H,28,30)(H,29,31)/b27-13-. The maximum absolute atomic E-state index is 12.1. The fourth-order valence-corrected chi connectivity index (χ4v) is 3.20. The summed E-state index contributed by atoms with van der Waals surface area (Å²) in [6, 6.07) is 18.0. The zero-order valence-electron chi connectivity index (χ0n) is 17.5. The first-order chi connectivity index (χ1) is 15.3. The molecule has 0 fully saturated rings. The minimum Gasteiger partial charge on any atom is -0.489 e. The highest BCUT2D eigenvalue weighted by Gasteiger charge is 2.15. The van der Waals surface area contributed by atoms with Crippen LogP contribution in [0, 0.1) is 13.8 Å². The highest BCUT2D eigenvalue weighted by atomic mass is 35.5. The number of para-hydroxylation sites is 1. The van der Waals surface area contributed by atoms with E-state index in [-0.39, 0.29) is 0 Å². The fraction of sp³-hybridized carbons (Fsp3) is 0.125. The van der Waals surface area contributed by atoms with Gasteiger partial charge in [-0.05, 0) is 60.4 Å². The summed E-state index contributed by atoms with van der Waals surface area (Å²) in [4.78, 5) is 24.2. The van der Waals surface area contributed by atoms with E-state index in [4.69, 9.17) is 27.9 Å². The van der Waals surface area contributed by atoms with E-state index in [2.05, 4.69) is 15.8 Å². The second kappa shape index (κ2) is 10.8. The van der Waals surface area contributed by atoms with Crippen LogP contribution in [-0.2, 0) is 16.2 Å². The van der Waals surface area contributed by atoms with Crippen LogP contribution in [0.3, 0.4) is 0 Å². The highest BCUT2D eigenvalue weighted by molar-refractivity contribution is 6.42. The van der Waals surface area contributed by atoms with Crippen LogP contribution in [-0.4, -0.2) is 18.0 Å². The number of hydrogen-bond donors (Lipinski definition) is 2.